The van der Waals surface area contributed by atoms with E-state index in [9.17, 15) is 8.42 Å². The molecule has 20 heavy (non-hydrogen) atoms. The molecule has 0 saturated carbocycles. The minimum atomic E-state index is -3.58. The summed E-state index contributed by atoms with van der Waals surface area (Å²) in [7, 11) is -3.58. The largest absolute Gasteiger partial charge is 0.392 e. The number of nitrogens with one attached hydrogen (secondary N) is 1. The zero-order chi connectivity index (χ0) is 14.8. The van der Waals surface area contributed by atoms with Crippen LogP contribution in [0.15, 0.2) is 39.0 Å². The summed E-state index contributed by atoms with van der Waals surface area (Å²) < 4.78 is 28.1. The Labute approximate surface area is 130 Å². The smallest absolute Gasteiger partial charge is 0.241 e. The van der Waals surface area contributed by atoms with Gasteiger partial charge in [0.2, 0.25) is 10.0 Å². The van der Waals surface area contributed by atoms with E-state index in [0.717, 1.165) is 8.66 Å². The van der Waals surface area contributed by atoms with Crippen molar-refractivity contribution in [3.63, 3.8) is 0 Å². The summed E-state index contributed by atoms with van der Waals surface area (Å²) in [5, 5.41) is 9.11. The van der Waals surface area contributed by atoms with E-state index in [1.807, 2.05) is 12.1 Å². The highest BCUT2D eigenvalue weighted by Gasteiger charge is 2.17. The van der Waals surface area contributed by atoms with Gasteiger partial charge in [0.25, 0.3) is 0 Å². The molecule has 2 rings (SSSR count). The van der Waals surface area contributed by atoms with Gasteiger partial charge in [-0.2, -0.15) is 0 Å². The first kappa shape index (κ1) is 15.7. The monoisotopic (exact) mass is 375 g/mol. The molecule has 0 aliphatic carbocycles. The van der Waals surface area contributed by atoms with E-state index in [1.165, 1.54) is 17.4 Å². The van der Waals surface area contributed by atoms with Crippen molar-refractivity contribution in [2.24, 2.45) is 0 Å². The lowest BCUT2D eigenvalue weighted by Crippen LogP contribution is -2.23. The standard InChI is InChI=1S/C13H14BrNO3S2/c1-9-2-3-10(8-16)6-12(9)20(17,18)15-7-11-4-5-13(14)19-11/h2-6,15-16H,7-8H2,1H3. The third-order valence-electron chi connectivity index (χ3n) is 2.79. The zero-order valence-corrected chi connectivity index (χ0v) is 14.0. The fourth-order valence-corrected chi connectivity index (χ4v) is 4.54. The molecule has 0 bridgehead atoms. The molecule has 0 radical (unpaired) electrons. The van der Waals surface area contributed by atoms with E-state index < -0.39 is 10.0 Å². The predicted molar refractivity (Wildman–Crippen MR) is 83.1 cm³/mol. The number of aryl methyl sites for hydroxylation is 1. The Morgan fingerprint density at radius 2 is 2.05 bits per heavy atom. The van der Waals surface area contributed by atoms with Crippen molar-refractivity contribution in [3.8, 4) is 0 Å². The van der Waals surface area contributed by atoms with Crippen LogP contribution >= 0.6 is 27.3 Å². The third kappa shape index (κ3) is 3.67. The SMILES string of the molecule is Cc1ccc(CO)cc1S(=O)(=O)NCc1ccc(Br)s1. The van der Waals surface area contributed by atoms with Crippen molar-refractivity contribution in [2.75, 3.05) is 0 Å². The van der Waals surface area contributed by atoms with E-state index in [4.69, 9.17) is 5.11 Å². The van der Waals surface area contributed by atoms with Crippen LogP contribution < -0.4 is 4.72 Å². The van der Waals surface area contributed by atoms with Crippen LogP contribution in [-0.4, -0.2) is 13.5 Å². The molecule has 7 heteroatoms. The van der Waals surface area contributed by atoms with E-state index in [2.05, 4.69) is 20.7 Å². The second-order valence-corrected chi connectivity index (χ2v) is 8.57. The molecule has 0 fully saturated rings. The number of aliphatic hydroxyl groups is 1. The first-order valence-corrected chi connectivity index (χ1v) is 8.96. The van der Waals surface area contributed by atoms with Crippen LogP contribution in [0.1, 0.15) is 16.0 Å². The highest BCUT2D eigenvalue weighted by Crippen LogP contribution is 2.23. The summed E-state index contributed by atoms with van der Waals surface area (Å²) in [6.07, 6.45) is 0. The summed E-state index contributed by atoms with van der Waals surface area (Å²) >= 11 is 4.83. The quantitative estimate of drug-likeness (QED) is 0.844. The lowest BCUT2D eigenvalue weighted by molar-refractivity contribution is 0.281. The second-order valence-electron chi connectivity index (χ2n) is 4.29. The van der Waals surface area contributed by atoms with E-state index >= 15 is 0 Å². The highest BCUT2D eigenvalue weighted by molar-refractivity contribution is 9.11. The van der Waals surface area contributed by atoms with Crippen LogP contribution in [0.25, 0.3) is 0 Å². The van der Waals surface area contributed by atoms with Crippen molar-refractivity contribution < 1.29 is 13.5 Å². The lowest BCUT2D eigenvalue weighted by atomic mass is 10.2. The van der Waals surface area contributed by atoms with Gasteiger partial charge in [-0.3, -0.25) is 0 Å². The fraction of sp³-hybridized carbons (Fsp3) is 0.231. The predicted octanol–water partition coefficient (Wildman–Crippen LogP) is 2.79. The van der Waals surface area contributed by atoms with Gasteiger partial charge in [0.15, 0.2) is 0 Å². The van der Waals surface area contributed by atoms with E-state index in [-0.39, 0.29) is 18.0 Å². The Bertz CT molecular complexity index is 710. The molecule has 4 nitrogen and oxygen atoms in total. The minimum Gasteiger partial charge on any atom is -0.392 e. The van der Waals surface area contributed by atoms with Crippen molar-refractivity contribution >= 4 is 37.3 Å². The average Bonchev–Trinajstić information content (AvgIpc) is 2.83. The molecule has 0 aliphatic heterocycles. The van der Waals surface area contributed by atoms with Gasteiger partial charge in [-0.1, -0.05) is 12.1 Å². The maximum atomic E-state index is 12.3. The Morgan fingerprint density at radius 3 is 2.65 bits per heavy atom. The van der Waals surface area contributed by atoms with Crippen molar-refractivity contribution in [3.05, 3.63) is 50.1 Å². The fourth-order valence-electron chi connectivity index (χ4n) is 1.72. The Kier molecular flexibility index (Phi) is 4.98. The zero-order valence-electron chi connectivity index (χ0n) is 10.8. The van der Waals surface area contributed by atoms with E-state index in [0.29, 0.717) is 11.1 Å². The van der Waals surface area contributed by atoms with Crippen LogP contribution in [0.4, 0.5) is 0 Å². The van der Waals surface area contributed by atoms with E-state index in [1.54, 1.807) is 19.1 Å². The maximum Gasteiger partial charge on any atom is 0.241 e. The Morgan fingerprint density at radius 1 is 1.30 bits per heavy atom. The molecular weight excluding hydrogens is 362 g/mol. The summed E-state index contributed by atoms with van der Waals surface area (Å²) in [4.78, 5) is 1.14. The van der Waals surface area contributed by atoms with Crippen LogP contribution in [0.2, 0.25) is 0 Å². The number of thiophene rings is 1. The van der Waals surface area contributed by atoms with Gasteiger partial charge in [-0.15, -0.1) is 11.3 Å². The molecule has 1 heterocycles. The van der Waals surface area contributed by atoms with Gasteiger partial charge in [0.05, 0.1) is 15.3 Å². The molecule has 0 unspecified atom stereocenters. The molecule has 0 spiro atoms. The van der Waals surface area contributed by atoms with Crippen molar-refractivity contribution in [1.29, 1.82) is 0 Å². The third-order valence-corrected chi connectivity index (χ3v) is 5.96. The van der Waals surface area contributed by atoms with Gasteiger partial charge in [-0.05, 0) is 52.2 Å². The first-order chi connectivity index (χ1) is 9.42. The van der Waals surface area contributed by atoms with Crippen LogP contribution in [0, 0.1) is 6.92 Å². The molecule has 0 amide bonds. The lowest BCUT2D eigenvalue weighted by Gasteiger charge is -2.10. The first-order valence-electron chi connectivity index (χ1n) is 5.86. The topological polar surface area (TPSA) is 66.4 Å². The average molecular weight is 376 g/mol. The Hall–Kier alpha value is -0.730. The van der Waals surface area contributed by atoms with Crippen LogP contribution in [0.3, 0.4) is 0 Å². The van der Waals surface area contributed by atoms with Crippen molar-refractivity contribution in [1.82, 2.24) is 4.72 Å². The molecule has 0 aliphatic rings. The second kappa shape index (κ2) is 6.36. The number of rotatable bonds is 5. The van der Waals surface area contributed by atoms with Gasteiger partial charge < -0.3 is 5.11 Å². The summed E-state index contributed by atoms with van der Waals surface area (Å²) in [6, 6.07) is 8.66. The Balaban J connectivity index is 2.21. The minimum absolute atomic E-state index is 0.180. The molecule has 2 N–H and O–H groups in total. The van der Waals surface area contributed by atoms with Gasteiger partial charge in [0.1, 0.15) is 0 Å². The molecule has 1 aromatic carbocycles. The summed E-state index contributed by atoms with van der Waals surface area (Å²) in [5.41, 5.74) is 1.23. The summed E-state index contributed by atoms with van der Waals surface area (Å²) in [6.45, 7) is 1.81. The number of aliphatic hydroxyl groups excluding tert-OH is 1. The molecular formula is C13H14BrNO3S2. The van der Waals surface area contributed by atoms with Gasteiger partial charge in [0, 0.05) is 11.4 Å². The van der Waals surface area contributed by atoms with Crippen LogP contribution in [0.5, 0.6) is 0 Å². The molecule has 0 atom stereocenters. The van der Waals surface area contributed by atoms with Crippen LogP contribution in [-0.2, 0) is 23.2 Å². The maximum absolute atomic E-state index is 12.3. The number of sulfonamides is 1. The number of benzene rings is 1. The molecule has 108 valence electrons. The number of hydrogen-bond donors (Lipinski definition) is 2. The van der Waals surface area contributed by atoms with Gasteiger partial charge in [-0.25, -0.2) is 13.1 Å². The molecule has 2 aromatic rings. The normalized spacial score (nSPS) is 11.8. The van der Waals surface area contributed by atoms with Gasteiger partial charge >= 0.3 is 0 Å². The number of hydrogen-bond acceptors (Lipinski definition) is 4. The molecule has 1 aromatic heterocycles. The number of halogens is 1. The summed E-state index contributed by atoms with van der Waals surface area (Å²) in [5.74, 6) is 0. The molecule has 0 saturated heterocycles. The highest BCUT2D eigenvalue weighted by atomic mass is 79.9. The van der Waals surface area contributed by atoms with Crippen molar-refractivity contribution in [2.45, 2.75) is 25.0 Å².